The zero-order valence-corrected chi connectivity index (χ0v) is 13.6. The third kappa shape index (κ3) is 3.66. The van der Waals surface area contributed by atoms with E-state index >= 15 is 0 Å². The van der Waals surface area contributed by atoms with Crippen molar-refractivity contribution in [1.82, 2.24) is 4.72 Å². The summed E-state index contributed by atoms with van der Waals surface area (Å²) in [5.41, 5.74) is 1.20. The van der Waals surface area contributed by atoms with Gasteiger partial charge in [-0.15, -0.1) is 11.3 Å². The van der Waals surface area contributed by atoms with Crippen molar-refractivity contribution in [3.05, 3.63) is 50.6 Å². The number of thiophene rings is 1. The average molecular weight is 360 g/mol. The van der Waals surface area contributed by atoms with Crippen molar-refractivity contribution in [2.75, 3.05) is 0 Å². The second-order valence-corrected chi connectivity index (χ2v) is 7.69. The number of benzene rings is 1. The molecule has 0 aliphatic rings. The van der Waals surface area contributed by atoms with Crippen LogP contribution in [0.2, 0.25) is 0 Å². The quantitative estimate of drug-likeness (QED) is 0.886. The first-order valence-corrected chi connectivity index (χ1v) is 8.99. The van der Waals surface area contributed by atoms with Crippen molar-refractivity contribution in [2.24, 2.45) is 0 Å². The van der Waals surface area contributed by atoms with Gasteiger partial charge in [0, 0.05) is 15.9 Å². The number of halogens is 1. The third-order valence-corrected chi connectivity index (χ3v) is 5.60. The maximum absolute atomic E-state index is 12.2. The molecule has 1 aromatic carbocycles. The second-order valence-electron chi connectivity index (χ2n) is 4.00. The van der Waals surface area contributed by atoms with Crippen molar-refractivity contribution < 1.29 is 8.42 Å². The van der Waals surface area contributed by atoms with E-state index in [1.54, 1.807) is 35.6 Å². The summed E-state index contributed by atoms with van der Waals surface area (Å²) in [5.74, 6) is 0. The molecule has 19 heavy (non-hydrogen) atoms. The topological polar surface area (TPSA) is 46.2 Å². The molecule has 0 atom stereocenters. The molecule has 0 aliphatic carbocycles. The van der Waals surface area contributed by atoms with E-state index in [1.807, 2.05) is 11.4 Å². The Morgan fingerprint density at radius 1 is 1.32 bits per heavy atom. The predicted molar refractivity (Wildman–Crippen MR) is 81.9 cm³/mol. The number of hydrogen-bond acceptors (Lipinski definition) is 3. The SMILES string of the molecule is CCc1ccsc1CNS(=O)(=O)c1cccc(Br)c1. The van der Waals surface area contributed by atoms with E-state index in [9.17, 15) is 8.42 Å². The van der Waals surface area contributed by atoms with Crippen LogP contribution < -0.4 is 4.72 Å². The molecule has 0 saturated heterocycles. The van der Waals surface area contributed by atoms with Gasteiger partial charge in [0.05, 0.1) is 4.90 Å². The van der Waals surface area contributed by atoms with Gasteiger partial charge in [0.25, 0.3) is 0 Å². The molecule has 3 nitrogen and oxygen atoms in total. The molecule has 6 heteroatoms. The van der Waals surface area contributed by atoms with Crippen LogP contribution in [0.25, 0.3) is 0 Å². The molecule has 0 spiro atoms. The van der Waals surface area contributed by atoms with Gasteiger partial charge in [-0.05, 0) is 41.6 Å². The van der Waals surface area contributed by atoms with E-state index in [4.69, 9.17) is 0 Å². The zero-order chi connectivity index (χ0) is 13.9. The minimum absolute atomic E-state index is 0.275. The van der Waals surface area contributed by atoms with Gasteiger partial charge in [-0.3, -0.25) is 0 Å². The van der Waals surface area contributed by atoms with E-state index in [0.717, 1.165) is 15.8 Å². The summed E-state index contributed by atoms with van der Waals surface area (Å²) in [6, 6.07) is 8.72. The fraction of sp³-hybridized carbons (Fsp3) is 0.231. The van der Waals surface area contributed by atoms with Crippen LogP contribution in [0.4, 0.5) is 0 Å². The molecule has 0 radical (unpaired) electrons. The van der Waals surface area contributed by atoms with Gasteiger partial charge in [0.15, 0.2) is 0 Å². The van der Waals surface area contributed by atoms with Crippen molar-refractivity contribution in [3.8, 4) is 0 Å². The molecule has 0 unspecified atom stereocenters. The number of nitrogens with one attached hydrogen (secondary N) is 1. The molecule has 102 valence electrons. The summed E-state index contributed by atoms with van der Waals surface area (Å²) < 4.78 is 27.7. The molecular weight excluding hydrogens is 346 g/mol. The molecule has 0 amide bonds. The minimum atomic E-state index is -3.46. The lowest BCUT2D eigenvalue weighted by Gasteiger charge is -2.07. The molecular formula is C13H14BrNO2S2. The molecule has 2 aromatic rings. The summed E-state index contributed by atoms with van der Waals surface area (Å²) in [4.78, 5) is 1.34. The van der Waals surface area contributed by atoms with E-state index in [1.165, 1.54) is 5.56 Å². The van der Waals surface area contributed by atoms with Gasteiger partial charge in [0.2, 0.25) is 10.0 Å². The molecule has 0 fully saturated rings. The Morgan fingerprint density at radius 2 is 2.11 bits per heavy atom. The van der Waals surface area contributed by atoms with Crippen LogP contribution in [0.15, 0.2) is 45.1 Å². The third-order valence-electron chi connectivity index (χ3n) is 2.75. The van der Waals surface area contributed by atoms with Crippen molar-refractivity contribution in [3.63, 3.8) is 0 Å². The van der Waals surface area contributed by atoms with Crippen molar-refractivity contribution in [2.45, 2.75) is 24.8 Å². The Labute approximate surface area is 125 Å². The fourth-order valence-electron chi connectivity index (χ4n) is 1.72. The van der Waals surface area contributed by atoms with Gasteiger partial charge >= 0.3 is 0 Å². The standard InChI is InChI=1S/C13H14BrNO2S2/c1-2-10-6-7-18-13(10)9-15-19(16,17)12-5-3-4-11(14)8-12/h3-8,15H,2,9H2,1H3. The van der Waals surface area contributed by atoms with Gasteiger partial charge in [-0.2, -0.15) is 0 Å². The smallest absolute Gasteiger partial charge is 0.207 e. The summed E-state index contributed by atoms with van der Waals surface area (Å²) in [6.07, 6.45) is 0.914. The molecule has 0 aliphatic heterocycles. The normalized spacial score (nSPS) is 11.7. The van der Waals surface area contributed by atoms with E-state index < -0.39 is 10.0 Å². The van der Waals surface area contributed by atoms with E-state index in [0.29, 0.717) is 6.54 Å². The van der Waals surface area contributed by atoms with E-state index in [-0.39, 0.29) is 4.90 Å². The highest BCUT2D eigenvalue weighted by atomic mass is 79.9. The van der Waals surface area contributed by atoms with Gasteiger partial charge in [-0.1, -0.05) is 28.9 Å². The van der Waals surface area contributed by atoms with Crippen LogP contribution in [-0.2, 0) is 23.0 Å². The first kappa shape index (κ1) is 14.7. The van der Waals surface area contributed by atoms with Gasteiger partial charge < -0.3 is 0 Å². The summed E-state index contributed by atoms with van der Waals surface area (Å²) >= 11 is 4.85. The summed E-state index contributed by atoms with van der Waals surface area (Å²) in [5, 5.41) is 1.99. The molecule has 0 bridgehead atoms. The van der Waals surface area contributed by atoms with Gasteiger partial charge in [-0.25, -0.2) is 13.1 Å². The monoisotopic (exact) mass is 359 g/mol. The second kappa shape index (κ2) is 6.17. The first-order valence-electron chi connectivity index (χ1n) is 5.83. The molecule has 1 N–H and O–H groups in total. The molecule has 1 heterocycles. The lowest BCUT2D eigenvalue weighted by molar-refractivity contribution is 0.581. The van der Waals surface area contributed by atoms with Crippen LogP contribution in [0.1, 0.15) is 17.4 Å². The Kier molecular flexibility index (Phi) is 4.78. The predicted octanol–water partition coefficient (Wildman–Crippen LogP) is 3.55. The Hall–Kier alpha value is -0.690. The first-order chi connectivity index (χ1) is 9.03. The minimum Gasteiger partial charge on any atom is -0.207 e. The van der Waals surface area contributed by atoms with Crippen molar-refractivity contribution >= 4 is 37.3 Å². The Morgan fingerprint density at radius 3 is 2.79 bits per heavy atom. The Bertz CT molecular complexity index is 665. The van der Waals surface area contributed by atoms with Crippen LogP contribution in [-0.4, -0.2) is 8.42 Å². The highest BCUT2D eigenvalue weighted by Crippen LogP contribution is 2.19. The summed E-state index contributed by atoms with van der Waals surface area (Å²) in [7, 11) is -3.46. The fourth-order valence-corrected chi connectivity index (χ4v) is 4.31. The molecule has 0 saturated carbocycles. The Balaban J connectivity index is 2.14. The highest BCUT2D eigenvalue weighted by Gasteiger charge is 2.14. The van der Waals surface area contributed by atoms with E-state index in [2.05, 4.69) is 27.6 Å². The van der Waals surface area contributed by atoms with Crippen LogP contribution in [0.5, 0.6) is 0 Å². The van der Waals surface area contributed by atoms with Crippen LogP contribution >= 0.6 is 27.3 Å². The van der Waals surface area contributed by atoms with Crippen LogP contribution in [0, 0.1) is 0 Å². The molecule has 2 rings (SSSR count). The maximum Gasteiger partial charge on any atom is 0.240 e. The van der Waals surface area contributed by atoms with Crippen molar-refractivity contribution in [1.29, 1.82) is 0 Å². The number of aryl methyl sites for hydroxylation is 1. The van der Waals surface area contributed by atoms with Crippen LogP contribution in [0.3, 0.4) is 0 Å². The highest BCUT2D eigenvalue weighted by molar-refractivity contribution is 9.10. The van der Waals surface area contributed by atoms with Gasteiger partial charge in [0.1, 0.15) is 0 Å². The summed E-state index contributed by atoms with van der Waals surface area (Å²) in [6.45, 7) is 2.41. The largest absolute Gasteiger partial charge is 0.240 e. The molecule has 1 aromatic heterocycles. The maximum atomic E-state index is 12.2. The number of hydrogen-bond donors (Lipinski definition) is 1. The average Bonchev–Trinajstić information content (AvgIpc) is 2.84. The lowest BCUT2D eigenvalue weighted by atomic mass is 10.2. The number of sulfonamides is 1. The zero-order valence-electron chi connectivity index (χ0n) is 10.4. The lowest BCUT2D eigenvalue weighted by Crippen LogP contribution is -2.23. The number of rotatable bonds is 5.